The fraction of sp³-hybridized carbons (Fsp3) is 0.389. The van der Waals surface area contributed by atoms with Gasteiger partial charge in [-0.3, -0.25) is 9.59 Å². The summed E-state index contributed by atoms with van der Waals surface area (Å²) in [4.78, 5) is 31.5. The van der Waals surface area contributed by atoms with Gasteiger partial charge in [0.25, 0.3) is 11.8 Å². The molecular formula is C18H22N4O2S. The number of benzene rings is 1. The summed E-state index contributed by atoms with van der Waals surface area (Å²) in [7, 11) is 0. The lowest BCUT2D eigenvalue weighted by Crippen LogP contribution is -2.46. The van der Waals surface area contributed by atoms with Crippen LogP contribution in [0.2, 0.25) is 0 Å². The first-order valence-corrected chi connectivity index (χ1v) is 9.34. The van der Waals surface area contributed by atoms with Gasteiger partial charge in [-0.05, 0) is 31.9 Å². The van der Waals surface area contributed by atoms with Crippen LogP contribution in [0.3, 0.4) is 0 Å². The zero-order chi connectivity index (χ0) is 17.6. The Labute approximate surface area is 151 Å². The molecule has 0 radical (unpaired) electrons. The number of thiazole rings is 1. The molecule has 2 aromatic rings. The maximum Gasteiger partial charge on any atom is 0.265 e. The van der Waals surface area contributed by atoms with E-state index in [0.717, 1.165) is 24.5 Å². The molecule has 0 saturated carbocycles. The number of aromatic nitrogens is 1. The van der Waals surface area contributed by atoms with E-state index in [1.807, 2.05) is 30.0 Å². The molecule has 6 nitrogen and oxygen atoms in total. The number of carbonyl (C=O) groups excluding carboxylic acids is 2. The van der Waals surface area contributed by atoms with Crippen molar-refractivity contribution in [3.63, 3.8) is 0 Å². The molecule has 3 rings (SSSR count). The molecule has 1 fully saturated rings. The Morgan fingerprint density at radius 3 is 2.64 bits per heavy atom. The maximum absolute atomic E-state index is 12.5. The summed E-state index contributed by atoms with van der Waals surface area (Å²) in [6.45, 7) is 4.07. The summed E-state index contributed by atoms with van der Waals surface area (Å²) < 4.78 is 0. The van der Waals surface area contributed by atoms with E-state index < -0.39 is 0 Å². The van der Waals surface area contributed by atoms with E-state index in [-0.39, 0.29) is 17.9 Å². The van der Waals surface area contributed by atoms with Crippen LogP contribution in [-0.4, -0.2) is 47.4 Å². The third kappa shape index (κ3) is 4.36. The van der Waals surface area contributed by atoms with Gasteiger partial charge in [0, 0.05) is 31.2 Å². The molecule has 1 aromatic carbocycles. The van der Waals surface area contributed by atoms with E-state index in [0.29, 0.717) is 23.5 Å². The second-order valence-corrected chi connectivity index (χ2v) is 7.00. The number of nitrogens with one attached hydrogen (secondary N) is 2. The van der Waals surface area contributed by atoms with Crippen LogP contribution in [0, 0.1) is 0 Å². The molecule has 2 N–H and O–H groups in total. The molecule has 132 valence electrons. The summed E-state index contributed by atoms with van der Waals surface area (Å²) in [5.74, 6) is -0.0300. The topological polar surface area (TPSA) is 74.3 Å². The Hall–Kier alpha value is -2.41. The van der Waals surface area contributed by atoms with Crippen molar-refractivity contribution in [2.45, 2.75) is 25.8 Å². The highest BCUT2D eigenvalue weighted by molar-refractivity contribution is 7.17. The van der Waals surface area contributed by atoms with E-state index in [1.54, 1.807) is 18.3 Å². The zero-order valence-corrected chi connectivity index (χ0v) is 15.0. The summed E-state index contributed by atoms with van der Waals surface area (Å²) in [5, 5.41) is 6.95. The summed E-state index contributed by atoms with van der Waals surface area (Å²) >= 11 is 1.38. The average Bonchev–Trinajstić information content (AvgIpc) is 3.11. The molecule has 25 heavy (non-hydrogen) atoms. The quantitative estimate of drug-likeness (QED) is 0.862. The Bertz CT molecular complexity index is 724. The number of carbonyl (C=O) groups is 2. The van der Waals surface area contributed by atoms with E-state index >= 15 is 0 Å². The number of rotatable bonds is 5. The largest absolute Gasteiger partial charge is 0.362 e. The van der Waals surface area contributed by atoms with E-state index in [2.05, 4.69) is 15.6 Å². The van der Waals surface area contributed by atoms with Crippen LogP contribution in [0.1, 0.15) is 39.8 Å². The molecule has 2 amide bonds. The predicted octanol–water partition coefficient (Wildman–Crippen LogP) is 2.61. The number of likely N-dealkylation sites (tertiary alicyclic amines) is 1. The standard InChI is InChI=1S/C18H22N4O2S/c1-2-19-18-20-12-15(25-18)17(24)22-10-8-14(9-11-22)21-16(23)13-6-4-3-5-7-13/h3-7,12,14H,2,8-11H2,1H3,(H,19,20)(H,21,23). The number of piperidine rings is 1. The predicted molar refractivity (Wildman–Crippen MR) is 99.1 cm³/mol. The lowest BCUT2D eigenvalue weighted by molar-refractivity contribution is 0.0702. The third-order valence-electron chi connectivity index (χ3n) is 4.20. The van der Waals surface area contributed by atoms with Crippen molar-refractivity contribution < 1.29 is 9.59 Å². The number of amides is 2. The fourth-order valence-corrected chi connectivity index (χ4v) is 3.70. The molecule has 0 bridgehead atoms. The van der Waals surface area contributed by atoms with Gasteiger partial charge in [-0.25, -0.2) is 4.98 Å². The van der Waals surface area contributed by atoms with Crippen LogP contribution >= 0.6 is 11.3 Å². The van der Waals surface area contributed by atoms with Gasteiger partial charge in [0.05, 0.1) is 6.20 Å². The SMILES string of the molecule is CCNc1ncc(C(=O)N2CCC(NC(=O)c3ccccc3)CC2)s1. The molecule has 2 heterocycles. The van der Waals surface area contributed by atoms with Crippen molar-refractivity contribution >= 4 is 28.3 Å². The first-order chi connectivity index (χ1) is 12.2. The minimum Gasteiger partial charge on any atom is -0.362 e. The van der Waals surface area contributed by atoms with Gasteiger partial charge in [0.2, 0.25) is 0 Å². The molecule has 1 aromatic heterocycles. The van der Waals surface area contributed by atoms with Crippen LogP contribution in [0.5, 0.6) is 0 Å². The smallest absolute Gasteiger partial charge is 0.265 e. The van der Waals surface area contributed by atoms with Crippen LogP contribution in [0.15, 0.2) is 36.5 Å². The molecule has 1 aliphatic rings. The highest BCUT2D eigenvalue weighted by Crippen LogP contribution is 2.21. The third-order valence-corrected chi connectivity index (χ3v) is 5.14. The highest BCUT2D eigenvalue weighted by atomic mass is 32.1. The van der Waals surface area contributed by atoms with Gasteiger partial charge in [-0.15, -0.1) is 0 Å². The minimum absolute atomic E-state index is 0.0227. The van der Waals surface area contributed by atoms with Crippen molar-refractivity contribution in [2.75, 3.05) is 25.0 Å². The van der Waals surface area contributed by atoms with E-state index in [4.69, 9.17) is 0 Å². The molecule has 0 aliphatic carbocycles. The van der Waals surface area contributed by atoms with E-state index in [1.165, 1.54) is 11.3 Å². The molecule has 0 spiro atoms. The van der Waals surface area contributed by atoms with Crippen molar-refractivity contribution in [3.8, 4) is 0 Å². The van der Waals surface area contributed by atoms with Gasteiger partial charge in [0.15, 0.2) is 5.13 Å². The van der Waals surface area contributed by atoms with Gasteiger partial charge >= 0.3 is 0 Å². The number of anilines is 1. The summed E-state index contributed by atoms with van der Waals surface area (Å²) in [6.07, 6.45) is 3.17. The van der Waals surface area contributed by atoms with Gasteiger partial charge < -0.3 is 15.5 Å². The molecular weight excluding hydrogens is 336 g/mol. The van der Waals surface area contributed by atoms with Crippen LogP contribution in [-0.2, 0) is 0 Å². The second kappa shape index (κ2) is 8.11. The minimum atomic E-state index is -0.0527. The van der Waals surface area contributed by atoms with Gasteiger partial charge in [0.1, 0.15) is 4.88 Å². The monoisotopic (exact) mass is 358 g/mol. The first kappa shape index (κ1) is 17.4. The normalized spacial score (nSPS) is 15.0. The van der Waals surface area contributed by atoms with Crippen molar-refractivity contribution in [3.05, 3.63) is 47.0 Å². The van der Waals surface area contributed by atoms with Crippen molar-refractivity contribution in [1.82, 2.24) is 15.2 Å². The molecule has 0 atom stereocenters. The Morgan fingerprint density at radius 2 is 1.96 bits per heavy atom. The van der Waals surface area contributed by atoms with Crippen LogP contribution in [0.25, 0.3) is 0 Å². The summed E-state index contributed by atoms with van der Waals surface area (Å²) in [5.41, 5.74) is 0.668. The molecule has 1 aliphatic heterocycles. The second-order valence-electron chi connectivity index (χ2n) is 5.97. The Kier molecular flexibility index (Phi) is 5.65. The Morgan fingerprint density at radius 1 is 1.24 bits per heavy atom. The van der Waals surface area contributed by atoms with E-state index in [9.17, 15) is 9.59 Å². The van der Waals surface area contributed by atoms with Crippen LogP contribution < -0.4 is 10.6 Å². The first-order valence-electron chi connectivity index (χ1n) is 8.52. The van der Waals surface area contributed by atoms with Gasteiger partial charge in [-0.2, -0.15) is 0 Å². The molecule has 7 heteroatoms. The average molecular weight is 358 g/mol. The zero-order valence-electron chi connectivity index (χ0n) is 14.2. The highest BCUT2D eigenvalue weighted by Gasteiger charge is 2.26. The van der Waals surface area contributed by atoms with Crippen LogP contribution in [0.4, 0.5) is 5.13 Å². The Balaban J connectivity index is 1.51. The molecule has 0 unspecified atom stereocenters. The number of nitrogens with zero attached hydrogens (tertiary/aromatic N) is 2. The van der Waals surface area contributed by atoms with Crippen molar-refractivity contribution in [1.29, 1.82) is 0 Å². The van der Waals surface area contributed by atoms with Crippen molar-refractivity contribution in [2.24, 2.45) is 0 Å². The maximum atomic E-state index is 12.5. The lowest BCUT2D eigenvalue weighted by Gasteiger charge is -2.32. The van der Waals surface area contributed by atoms with Gasteiger partial charge in [-0.1, -0.05) is 29.5 Å². The number of hydrogen-bond acceptors (Lipinski definition) is 5. The lowest BCUT2D eigenvalue weighted by atomic mass is 10.0. The summed E-state index contributed by atoms with van der Waals surface area (Å²) in [6, 6.07) is 9.32. The molecule has 1 saturated heterocycles. The fourth-order valence-electron chi connectivity index (χ4n) is 2.85. The number of hydrogen-bond donors (Lipinski definition) is 2.